The van der Waals surface area contributed by atoms with E-state index in [1.165, 1.54) is 18.7 Å². The molecule has 0 aliphatic rings. The number of rotatable bonds is 16. The highest BCUT2D eigenvalue weighted by atomic mass is 32.2. The Morgan fingerprint density at radius 3 is 2.28 bits per heavy atom. The van der Waals surface area contributed by atoms with Crippen molar-refractivity contribution in [3.05, 3.63) is 36.0 Å². The van der Waals surface area contributed by atoms with Crippen LogP contribution in [0.1, 0.15) is 31.7 Å². The van der Waals surface area contributed by atoms with E-state index in [1.54, 1.807) is 6.20 Å². The van der Waals surface area contributed by atoms with Gasteiger partial charge in [-0.1, -0.05) is 18.2 Å². The van der Waals surface area contributed by atoms with E-state index < -0.39 is 47.9 Å². The molecule has 1 aromatic heterocycles. The van der Waals surface area contributed by atoms with Crippen molar-refractivity contribution in [1.29, 1.82) is 0 Å². The van der Waals surface area contributed by atoms with Crippen LogP contribution in [0.15, 0.2) is 35.5 Å². The quantitative estimate of drug-likeness (QED) is 0.0740. The molecule has 11 N–H and O–H groups in total. The fourth-order valence-corrected chi connectivity index (χ4v) is 4.31. The molecule has 4 unspecified atom stereocenters. The molecular weight excluding hydrogens is 524 g/mol. The summed E-state index contributed by atoms with van der Waals surface area (Å²) in [5.74, 6) is -2.56. The van der Waals surface area contributed by atoms with Gasteiger partial charge in [-0.2, -0.15) is 11.8 Å². The minimum atomic E-state index is -1.17. The first kappa shape index (κ1) is 31.4. The molecule has 0 saturated heterocycles. The Morgan fingerprint density at radius 2 is 1.64 bits per heavy atom. The van der Waals surface area contributed by atoms with Gasteiger partial charge in [0.1, 0.15) is 18.1 Å². The Balaban J connectivity index is 2.30. The Labute approximate surface area is 231 Å². The second-order valence-electron chi connectivity index (χ2n) is 9.10. The highest BCUT2D eigenvalue weighted by Gasteiger charge is 2.30. The monoisotopic (exact) mass is 562 g/mol. The highest BCUT2D eigenvalue weighted by Crippen LogP contribution is 2.19. The number of H-pyrrole nitrogens is 1. The second-order valence-corrected chi connectivity index (χ2v) is 10.1. The summed E-state index contributed by atoms with van der Waals surface area (Å²) in [7, 11) is 0. The van der Waals surface area contributed by atoms with Crippen LogP contribution < -0.4 is 33.2 Å². The van der Waals surface area contributed by atoms with Gasteiger partial charge in [0.05, 0.1) is 6.04 Å². The topological polar surface area (TPSA) is 231 Å². The third kappa shape index (κ3) is 10.1. The highest BCUT2D eigenvalue weighted by molar-refractivity contribution is 7.98. The number of carboxylic acids is 1. The number of aromatic nitrogens is 1. The summed E-state index contributed by atoms with van der Waals surface area (Å²) in [5.41, 5.74) is 18.0. The number of amides is 3. The zero-order valence-corrected chi connectivity index (χ0v) is 22.9. The van der Waals surface area contributed by atoms with Crippen LogP contribution in [0.2, 0.25) is 0 Å². The van der Waals surface area contributed by atoms with Crippen molar-refractivity contribution in [3.8, 4) is 0 Å². The fraction of sp³-hybridized carbons (Fsp3) is 0.480. The summed E-state index contributed by atoms with van der Waals surface area (Å²) in [6, 6.07) is 3.34. The maximum atomic E-state index is 13.4. The van der Waals surface area contributed by atoms with Gasteiger partial charge in [-0.15, -0.1) is 0 Å². The third-order valence-corrected chi connectivity index (χ3v) is 6.59. The molecule has 2 aromatic rings. The number of aromatic amines is 1. The number of aliphatic imine (C=N–C) groups is 1. The summed E-state index contributed by atoms with van der Waals surface area (Å²) < 4.78 is 0. The van der Waals surface area contributed by atoms with Gasteiger partial charge >= 0.3 is 5.97 Å². The lowest BCUT2D eigenvalue weighted by Crippen LogP contribution is -2.57. The van der Waals surface area contributed by atoms with Gasteiger partial charge in [0.2, 0.25) is 17.7 Å². The number of hydrogen-bond donors (Lipinski definition) is 8. The van der Waals surface area contributed by atoms with Gasteiger partial charge in [0.25, 0.3) is 0 Å². The number of benzene rings is 1. The van der Waals surface area contributed by atoms with Crippen LogP contribution in [0.5, 0.6) is 0 Å². The number of nitrogens with zero attached hydrogens (tertiary/aromatic N) is 1. The SMILES string of the molecule is CSCCC(NC(=O)C(Cc1c[nH]c2ccccc12)NC(=O)C(CCCN=C(N)N)NC(=O)C(C)N)C(=O)O. The summed E-state index contributed by atoms with van der Waals surface area (Å²) >= 11 is 1.46. The van der Waals surface area contributed by atoms with E-state index in [0.717, 1.165) is 16.5 Å². The van der Waals surface area contributed by atoms with E-state index >= 15 is 0 Å². The van der Waals surface area contributed by atoms with Crippen LogP contribution in [-0.4, -0.2) is 82.5 Å². The molecule has 2 rings (SSSR count). The fourth-order valence-electron chi connectivity index (χ4n) is 3.84. The molecule has 4 atom stereocenters. The van der Waals surface area contributed by atoms with E-state index in [4.69, 9.17) is 17.2 Å². The lowest BCUT2D eigenvalue weighted by molar-refractivity contribution is -0.142. The second kappa shape index (κ2) is 15.6. The summed E-state index contributed by atoms with van der Waals surface area (Å²) in [6.07, 6.45) is 4.42. The molecule has 0 saturated carbocycles. The van der Waals surface area contributed by atoms with Crippen molar-refractivity contribution in [3.63, 3.8) is 0 Å². The Morgan fingerprint density at radius 1 is 1.00 bits per heavy atom. The first-order chi connectivity index (χ1) is 18.5. The van der Waals surface area contributed by atoms with Crippen molar-refractivity contribution in [2.24, 2.45) is 22.2 Å². The van der Waals surface area contributed by atoms with Gasteiger partial charge < -0.3 is 43.2 Å². The lowest BCUT2D eigenvalue weighted by atomic mass is 10.0. The number of thioether (sulfide) groups is 1. The summed E-state index contributed by atoms with van der Waals surface area (Å²) in [5, 5.41) is 18.3. The molecule has 0 fully saturated rings. The molecule has 0 radical (unpaired) electrons. The third-order valence-electron chi connectivity index (χ3n) is 5.95. The van der Waals surface area contributed by atoms with Gasteiger partial charge in [-0.05, 0) is 49.8 Å². The average molecular weight is 563 g/mol. The van der Waals surface area contributed by atoms with Crippen molar-refractivity contribution >= 4 is 52.3 Å². The zero-order chi connectivity index (χ0) is 28.9. The van der Waals surface area contributed by atoms with E-state index in [0.29, 0.717) is 12.2 Å². The molecule has 0 spiro atoms. The molecule has 39 heavy (non-hydrogen) atoms. The molecule has 13 nitrogen and oxygen atoms in total. The van der Waals surface area contributed by atoms with Gasteiger partial charge in [-0.25, -0.2) is 4.79 Å². The molecule has 1 aromatic carbocycles. The van der Waals surface area contributed by atoms with Crippen LogP contribution in [0.3, 0.4) is 0 Å². The van der Waals surface area contributed by atoms with Crippen LogP contribution in [0.4, 0.5) is 0 Å². The van der Waals surface area contributed by atoms with Gasteiger partial charge in [0, 0.05) is 30.1 Å². The molecule has 0 aliphatic heterocycles. The van der Waals surface area contributed by atoms with E-state index in [1.807, 2.05) is 30.5 Å². The number of carboxylic acid groups (broad SMARTS) is 1. The van der Waals surface area contributed by atoms with Crippen molar-refractivity contribution < 1.29 is 24.3 Å². The maximum absolute atomic E-state index is 13.4. The number of carbonyl (C=O) groups excluding carboxylic acids is 3. The standard InChI is InChI=1S/C25H38N8O5S/c1-14(26)21(34)31-18(8-5-10-29-25(27)28)22(35)33-20(23(36)32-19(24(37)38)9-11-39-2)12-15-13-30-17-7-4-3-6-16(15)17/h3-4,6-7,13-14,18-20,30H,5,8-12,26H2,1-2H3,(H,31,34)(H,32,36)(H,33,35)(H,37,38)(H4,27,28,29). The molecule has 1 heterocycles. The van der Waals surface area contributed by atoms with Gasteiger partial charge in [-0.3, -0.25) is 19.4 Å². The number of aliphatic carboxylic acids is 1. The maximum Gasteiger partial charge on any atom is 0.326 e. The number of fused-ring (bicyclic) bond motifs is 1. The van der Waals surface area contributed by atoms with Crippen molar-refractivity contribution in [1.82, 2.24) is 20.9 Å². The number of hydrogen-bond acceptors (Lipinski definition) is 7. The predicted molar refractivity (Wildman–Crippen MR) is 152 cm³/mol. The molecule has 214 valence electrons. The molecular formula is C25H38N8O5S. The summed E-state index contributed by atoms with van der Waals surface area (Å²) in [4.78, 5) is 57.8. The molecule has 0 bridgehead atoms. The number of para-hydroxylation sites is 1. The van der Waals surface area contributed by atoms with Crippen LogP contribution in [0.25, 0.3) is 10.9 Å². The Bertz CT molecular complexity index is 1160. The smallest absolute Gasteiger partial charge is 0.326 e. The Kier molecular flexibility index (Phi) is 12.6. The van der Waals surface area contributed by atoms with E-state index in [2.05, 4.69) is 25.9 Å². The zero-order valence-electron chi connectivity index (χ0n) is 22.1. The van der Waals surface area contributed by atoms with Crippen LogP contribution in [-0.2, 0) is 25.6 Å². The molecule has 3 amide bonds. The normalized spacial score (nSPS) is 14.0. The van der Waals surface area contributed by atoms with Crippen LogP contribution in [0, 0.1) is 0 Å². The van der Waals surface area contributed by atoms with Crippen molar-refractivity contribution in [2.75, 3.05) is 18.6 Å². The number of nitrogens with two attached hydrogens (primary N) is 3. The Hall–Kier alpha value is -3.78. The van der Waals surface area contributed by atoms with Gasteiger partial charge in [0.15, 0.2) is 5.96 Å². The van der Waals surface area contributed by atoms with Crippen LogP contribution >= 0.6 is 11.8 Å². The predicted octanol–water partition coefficient (Wildman–Crippen LogP) is -0.597. The summed E-state index contributed by atoms with van der Waals surface area (Å²) in [6.45, 7) is 1.72. The van der Waals surface area contributed by atoms with Crippen molar-refractivity contribution in [2.45, 2.75) is 56.8 Å². The molecule has 0 aliphatic carbocycles. The average Bonchev–Trinajstić information content (AvgIpc) is 3.29. The van der Waals surface area contributed by atoms with E-state index in [9.17, 15) is 24.3 Å². The largest absolute Gasteiger partial charge is 0.480 e. The minimum Gasteiger partial charge on any atom is -0.480 e. The lowest BCUT2D eigenvalue weighted by Gasteiger charge is -2.25. The minimum absolute atomic E-state index is 0.0818. The first-order valence-electron chi connectivity index (χ1n) is 12.5. The number of nitrogens with one attached hydrogen (secondary N) is 4. The van der Waals surface area contributed by atoms with E-state index in [-0.39, 0.29) is 31.8 Å². The first-order valence-corrected chi connectivity index (χ1v) is 13.9. The number of guanidine groups is 1. The number of carbonyl (C=O) groups is 4. The molecule has 14 heteroatoms.